The van der Waals surface area contributed by atoms with Crippen LogP contribution in [0, 0.1) is 26.7 Å². The largest absolute Gasteiger partial charge is 0.772 e. The van der Waals surface area contributed by atoms with E-state index in [0.717, 1.165) is 5.56 Å². The summed E-state index contributed by atoms with van der Waals surface area (Å²) >= 11 is -2.08. The van der Waals surface area contributed by atoms with Crippen molar-refractivity contribution in [2.24, 2.45) is 5.92 Å². The third-order valence-electron chi connectivity index (χ3n) is 4.74. The molecule has 0 amide bonds. The summed E-state index contributed by atoms with van der Waals surface area (Å²) in [7, 11) is -2.03. The number of ether oxygens (including phenoxy) is 1. The topological polar surface area (TPSA) is 86.7 Å². The summed E-state index contributed by atoms with van der Waals surface area (Å²) in [6.45, 7) is 6.23. The van der Waals surface area contributed by atoms with Crippen molar-refractivity contribution < 1.29 is 21.9 Å². The van der Waals surface area contributed by atoms with E-state index in [4.69, 9.17) is 4.74 Å². The predicted octanol–water partition coefficient (Wildman–Crippen LogP) is 1.90. The summed E-state index contributed by atoms with van der Waals surface area (Å²) in [4.78, 5) is 0.342. The molecule has 1 aromatic carbocycles. The van der Waals surface area contributed by atoms with Gasteiger partial charge in [-0.15, -0.1) is 0 Å². The van der Waals surface area contributed by atoms with E-state index in [0.29, 0.717) is 47.7 Å². The lowest BCUT2D eigenvalue weighted by molar-refractivity contribution is 0.410. The quantitative estimate of drug-likeness (QED) is 0.710. The summed E-state index contributed by atoms with van der Waals surface area (Å²) in [6, 6.07) is 1.75. The van der Waals surface area contributed by atoms with Crippen molar-refractivity contribution in [3.63, 3.8) is 0 Å². The predicted molar refractivity (Wildman–Crippen MR) is 92.5 cm³/mol. The number of sulfonamides is 1. The van der Waals surface area contributed by atoms with Gasteiger partial charge in [-0.1, -0.05) is 11.1 Å². The Morgan fingerprint density at radius 2 is 2.00 bits per heavy atom. The van der Waals surface area contributed by atoms with Gasteiger partial charge in [0, 0.05) is 18.8 Å². The van der Waals surface area contributed by atoms with Crippen molar-refractivity contribution in [1.29, 1.82) is 0 Å². The van der Waals surface area contributed by atoms with E-state index in [2.05, 4.69) is 0 Å². The molecule has 0 N–H and O–H groups in total. The second kappa shape index (κ2) is 7.51. The average molecular weight is 375 g/mol. The smallest absolute Gasteiger partial charge is 0.243 e. The molecule has 1 heterocycles. The highest BCUT2D eigenvalue weighted by Gasteiger charge is 2.34. The highest BCUT2D eigenvalue weighted by Crippen LogP contribution is 2.34. The Kier molecular flexibility index (Phi) is 6.06. The van der Waals surface area contributed by atoms with Gasteiger partial charge < -0.3 is 9.29 Å². The minimum absolute atomic E-state index is 0.0816. The summed E-state index contributed by atoms with van der Waals surface area (Å²) in [6.07, 6.45) is 1.20. The van der Waals surface area contributed by atoms with Crippen molar-refractivity contribution in [3.05, 3.63) is 22.8 Å². The van der Waals surface area contributed by atoms with Crippen LogP contribution in [0.5, 0.6) is 5.75 Å². The van der Waals surface area contributed by atoms with Crippen LogP contribution in [0.4, 0.5) is 0 Å². The minimum atomic E-state index is -3.60. The van der Waals surface area contributed by atoms with Gasteiger partial charge in [0.15, 0.2) is 0 Å². The molecule has 2 unspecified atom stereocenters. The molecule has 1 fully saturated rings. The van der Waals surface area contributed by atoms with Gasteiger partial charge >= 0.3 is 0 Å². The molecule has 1 aliphatic heterocycles. The van der Waals surface area contributed by atoms with Crippen LogP contribution in [0.25, 0.3) is 0 Å². The molecule has 1 aromatic rings. The zero-order valence-corrected chi connectivity index (χ0v) is 16.1. The standard InChI is InChI=1S/C16H25NO5S2/c1-11-9-15(22-4)12(2)13(3)16(11)24(20,21)17-7-5-14(10-17)6-8-23(18)19/h9,14H,5-8,10H2,1-4H3,(H,18,19)/p-1. The Morgan fingerprint density at radius 3 is 2.58 bits per heavy atom. The van der Waals surface area contributed by atoms with E-state index in [9.17, 15) is 17.2 Å². The summed E-state index contributed by atoms with van der Waals surface area (Å²) in [5.41, 5.74) is 2.19. The maximum atomic E-state index is 13.1. The number of hydrogen-bond donors (Lipinski definition) is 0. The van der Waals surface area contributed by atoms with Crippen LogP contribution in [-0.4, -0.2) is 47.4 Å². The van der Waals surface area contributed by atoms with Crippen molar-refractivity contribution in [2.45, 2.75) is 38.5 Å². The van der Waals surface area contributed by atoms with Crippen molar-refractivity contribution in [3.8, 4) is 5.75 Å². The van der Waals surface area contributed by atoms with E-state index >= 15 is 0 Å². The van der Waals surface area contributed by atoms with E-state index in [-0.39, 0.29) is 11.7 Å². The number of methoxy groups -OCH3 is 1. The zero-order valence-electron chi connectivity index (χ0n) is 14.5. The highest BCUT2D eigenvalue weighted by atomic mass is 32.2. The van der Waals surface area contributed by atoms with Crippen LogP contribution >= 0.6 is 0 Å². The fourth-order valence-corrected chi connectivity index (χ4v) is 5.82. The molecule has 136 valence electrons. The average Bonchev–Trinajstić information content (AvgIpc) is 2.98. The van der Waals surface area contributed by atoms with E-state index < -0.39 is 21.1 Å². The summed E-state index contributed by atoms with van der Waals surface area (Å²) < 4.78 is 54.3. The maximum Gasteiger partial charge on any atom is 0.243 e. The van der Waals surface area contributed by atoms with E-state index in [1.54, 1.807) is 27.0 Å². The monoisotopic (exact) mass is 374 g/mol. The second-order valence-corrected chi connectivity index (χ2v) is 9.18. The van der Waals surface area contributed by atoms with Crippen LogP contribution in [-0.2, 0) is 21.1 Å². The van der Waals surface area contributed by atoms with Crippen molar-refractivity contribution >= 4 is 21.1 Å². The molecule has 8 heteroatoms. The molecule has 1 saturated heterocycles. The number of hydrogen-bond acceptors (Lipinski definition) is 5. The van der Waals surface area contributed by atoms with Crippen LogP contribution < -0.4 is 4.74 Å². The molecule has 0 saturated carbocycles. The first-order valence-corrected chi connectivity index (χ1v) is 10.6. The van der Waals surface area contributed by atoms with Crippen LogP contribution in [0.1, 0.15) is 29.5 Å². The van der Waals surface area contributed by atoms with E-state index in [1.165, 1.54) is 4.31 Å². The second-order valence-electron chi connectivity index (χ2n) is 6.29. The first-order chi connectivity index (χ1) is 11.2. The van der Waals surface area contributed by atoms with Crippen molar-refractivity contribution in [1.82, 2.24) is 4.31 Å². The Labute approximate surface area is 146 Å². The first kappa shape index (κ1) is 19.4. The molecule has 0 aliphatic carbocycles. The Balaban J connectivity index is 2.29. The van der Waals surface area contributed by atoms with Gasteiger partial charge in [-0.05, 0) is 62.3 Å². The molecule has 2 atom stereocenters. The first-order valence-electron chi connectivity index (χ1n) is 7.89. The van der Waals surface area contributed by atoms with Gasteiger partial charge in [0.2, 0.25) is 10.0 Å². The number of rotatable bonds is 6. The fourth-order valence-electron chi connectivity index (χ4n) is 3.27. The van der Waals surface area contributed by atoms with Crippen molar-refractivity contribution in [2.75, 3.05) is 26.0 Å². The van der Waals surface area contributed by atoms with Gasteiger partial charge in [-0.25, -0.2) is 8.42 Å². The molecular formula is C16H24NO5S2-. The third-order valence-corrected chi connectivity index (χ3v) is 7.46. The molecule has 0 spiro atoms. The lowest BCUT2D eigenvalue weighted by Gasteiger charge is -2.22. The minimum Gasteiger partial charge on any atom is -0.772 e. The molecule has 24 heavy (non-hydrogen) atoms. The van der Waals surface area contributed by atoms with Crippen LogP contribution in [0.3, 0.4) is 0 Å². The summed E-state index contributed by atoms with van der Waals surface area (Å²) in [5.74, 6) is 0.858. The Bertz CT molecular complexity index is 745. The lowest BCUT2D eigenvalue weighted by Crippen LogP contribution is -2.30. The Morgan fingerprint density at radius 1 is 1.33 bits per heavy atom. The lowest BCUT2D eigenvalue weighted by atomic mass is 10.1. The SMILES string of the molecule is COc1cc(C)c(S(=O)(=O)N2CCC(CCS(=O)[O-])C2)c(C)c1C. The molecule has 0 aromatic heterocycles. The highest BCUT2D eigenvalue weighted by molar-refractivity contribution is 7.89. The Hall–Kier alpha value is -0.960. The normalized spacial score (nSPS) is 20.3. The van der Waals surface area contributed by atoms with Gasteiger partial charge in [0.1, 0.15) is 5.75 Å². The van der Waals surface area contributed by atoms with Crippen LogP contribution in [0.2, 0.25) is 0 Å². The van der Waals surface area contributed by atoms with Gasteiger partial charge in [-0.3, -0.25) is 4.21 Å². The molecule has 0 radical (unpaired) electrons. The van der Waals surface area contributed by atoms with Gasteiger partial charge in [0.05, 0.1) is 12.0 Å². The number of aryl methyl sites for hydroxylation is 1. The molecule has 0 bridgehead atoms. The van der Waals surface area contributed by atoms with E-state index in [1.807, 2.05) is 6.92 Å². The molecule has 6 nitrogen and oxygen atoms in total. The maximum absolute atomic E-state index is 13.1. The summed E-state index contributed by atoms with van der Waals surface area (Å²) in [5, 5.41) is 0. The third kappa shape index (κ3) is 3.82. The molecule has 1 aliphatic rings. The molecular weight excluding hydrogens is 350 g/mol. The van der Waals surface area contributed by atoms with Gasteiger partial charge in [0.25, 0.3) is 0 Å². The van der Waals surface area contributed by atoms with Gasteiger partial charge in [-0.2, -0.15) is 4.31 Å². The molecule has 2 rings (SSSR count). The number of benzene rings is 1. The fraction of sp³-hybridized carbons (Fsp3) is 0.625. The number of nitrogens with zero attached hydrogens (tertiary/aromatic N) is 1. The van der Waals surface area contributed by atoms with Crippen LogP contribution in [0.15, 0.2) is 11.0 Å². The zero-order chi connectivity index (χ0) is 18.1.